The molecular weight excluding hydrogens is 493 g/mol. The highest BCUT2D eigenvalue weighted by molar-refractivity contribution is 7.18. The maximum absolute atomic E-state index is 13.3. The van der Waals surface area contributed by atoms with Crippen LogP contribution in [0.3, 0.4) is 0 Å². The van der Waals surface area contributed by atoms with Gasteiger partial charge in [0.1, 0.15) is 10.6 Å². The van der Waals surface area contributed by atoms with Gasteiger partial charge in [-0.05, 0) is 18.9 Å². The molecular formula is C23H29F3N8OS. The summed E-state index contributed by atoms with van der Waals surface area (Å²) in [4.78, 5) is 30.1. The van der Waals surface area contributed by atoms with Crippen molar-refractivity contribution in [3.05, 3.63) is 22.6 Å². The minimum Gasteiger partial charge on any atom is -0.347 e. The summed E-state index contributed by atoms with van der Waals surface area (Å²) in [6.45, 7) is 7.31. The smallest absolute Gasteiger partial charge is 0.347 e. The summed E-state index contributed by atoms with van der Waals surface area (Å²) in [7, 11) is 0. The second-order valence-corrected chi connectivity index (χ2v) is 10.3. The van der Waals surface area contributed by atoms with Crippen LogP contribution in [0.5, 0.6) is 0 Å². The minimum absolute atomic E-state index is 0.127. The molecule has 1 saturated heterocycles. The first-order valence-electron chi connectivity index (χ1n) is 12.4. The molecule has 2 aliphatic rings. The van der Waals surface area contributed by atoms with Gasteiger partial charge in [0.2, 0.25) is 17.7 Å². The Labute approximate surface area is 210 Å². The number of alkyl halides is 3. The van der Waals surface area contributed by atoms with Crippen LogP contribution >= 0.6 is 11.3 Å². The van der Waals surface area contributed by atoms with Crippen LogP contribution in [0.2, 0.25) is 0 Å². The number of hydrogen-bond acceptors (Lipinski definition) is 8. The zero-order valence-electron chi connectivity index (χ0n) is 20.4. The predicted octanol–water partition coefficient (Wildman–Crippen LogP) is 3.72. The molecule has 5 heterocycles. The van der Waals surface area contributed by atoms with E-state index in [4.69, 9.17) is 9.97 Å². The van der Waals surface area contributed by atoms with Gasteiger partial charge >= 0.3 is 6.18 Å². The van der Waals surface area contributed by atoms with Crippen LogP contribution in [0.4, 0.5) is 24.9 Å². The number of piperazine rings is 1. The molecule has 9 nitrogen and oxygen atoms in total. The molecule has 0 radical (unpaired) electrons. The third-order valence-corrected chi connectivity index (χ3v) is 7.68. The lowest BCUT2D eigenvalue weighted by molar-refractivity contribution is -0.147. The number of hydrogen-bond donors (Lipinski definition) is 0. The number of carbonyl (C=O) groups is 1. The highest BCUT2D eigenvalue weighted by Crippen LogP contribution is 2.36. The lowest BCUT2D eigenvalue weighted by Crippen LogP contribution is -2.49. The Hall–Kier alpha value is -2.96. The predicted molar refractivity (Wildman–Crippen MR) is 131 cm³/mol. The van der Waals surface area contributed by atoms with Crippen molar-refractivity contribution in [1.29, 1.82) is 0 Å². The van der Waals surface area contributed by atoms with E-state index < -0.39 is 12.0 Å². The Balaban J connectivity index is 1.45. The summed E-state index contributed by atoms with van der Waals surface area (Å²) in [5.41, 5.74) is 0. The molecule has 0 unspecified atom stereocenters. The highest BCUT2D eigenvalue weighted by Gasteiger charge is 2.40. The number of aryl methyl sites for hydroxylation is 1. The topological polar surface area (TPSA) is 83.3 Å². The molecule has 194 valence electrons. The molecule has 0 bridgehead atoms. The summed E-state index contributed by atoms with van der Waals surface area (Å²) in [6.07, 6.45) is -1.22. The van der Waals surface area contributed by atoms with E-state index >= 15 is 0 Å². The first kappa shape index (κ1) is 24.7. The lowest BCUT2D eigenvalue weighted by atomic mass is 10.2. The van der Waals surface area contributed by atoms with Crippen molar-refractivity contribution in [2.24, 2.45) is 0 Å². The fraction of sp³-hybridized carbons (Fsp3) is 0.609. The van der Waals surface area contributed by atoms with Gasteiger partial charge in [0.25, 0.3) is 0 Å². The van der Waals surface area contributed by atoms with Crippen molar-refractivity contribution in [3.63, 3.8) is 0 Å². The van der Waals surface area contributed by atoms with E-state index in [9.17, 15) is 18.0 Å². The second kappa shape index (κ2) is 9.83. The molecule has 0 aromatic carbocycles. The average molecular weight is 523 g/mol. The third kappa shape index (κ3) is 4.72. The van der Waals surface area contributed by atoms with Gasteiger partial charge in [0.15, 0.2) is 5.82 Å². The molecule has 2 aliphatic heterocycles. The molecule has 0 N–H and O–H groups in total. The quantitative estimate of drug-likeness (QED) is 0.488. The van der Waals surface area contributed by atoms with Gasteiger partial charge in [-0.25, -0.2) is 4.98 Å². The molecule has 5 rings (SSSR count). The zero-order valence-corrected chi connectivity index (χ0v) is 21.2. The summed E-state index contributed by atoms with van der Waals surface area (Å²) in [6, 6.07) is 2.10. The average Bonchev–Trinajstić information content (AvgIpc) is 3.47. The molecule has 1 fully saturated rings. The third-order valence-electron chi connectivity index (χ3n) is 6.59. The van der Waals surface area contributed by atoms with Gasteiger partial charge in [0.05, 0.1) is 11.9 Å². The highest BCUT2D eigenvalue weighted by atomic mass is 32.1. The molecule has 36 heavy (non-hydrogen) atoms. The first-order valence-corrected chi connectivity index (χ1v) is 13.2. The Bertz CT molecular complexity index is 1250. The molecule has 0 aliphatic carbocycles. The molecule has 3 aromatic rings. The summed E-state index contributed by atoms with van der Waals surface area (Å²) in [5, 5.41) is 8.14. The normalized spacial score (nSPS) is 16.6. The molecule has 0 atom stereocenters. The zero-order chi connectivity index (χ0) is 25.4. The molecule has 13 heteroatoms. The van der Waals surface area contributed by atoms with E-state index in [1.807, 2.05) is 16.7 Å². The SMILES string of the molecule is CCCC(=O)N1CCN(c2nc(N3CCn4c(nnc4C(F)(F)F)C3)c3cc(CCC)sc3n2)CC1. The van der Waals surface area contributed by atoms with Crippen LogP contribution in [0.25, 0.3) is 10.2 Å². The van der Waals surface area contributed by atoms with Crippen LogP contribution in [-0.4, -0.2) is 68.3 Å². The molecule has 0 spiro atoms. The Morgan fingerprint density at radius 3 is 2.44 bits per heavy atom. The van der Waals surface area contributed by atoms with E-state index in [1.165, 1.54) is 4.88 Å². The van der Waals surface area contributed by atoms with Crippen LogP contribution in [-0.2, 0) is 30.5 Å². The van der Waals surface area contributed by atoms with Crippen LogP contribution < -0.4 is 9.80 Å². The number of halogens is 3. The van der Waals surface area contributed by atoms with Crippen LogP contribution in [0.1, 0.15) is 49.6 Å². The van der Waals surface area contributed by atoms with Crippen molar-refractivity contribution >= 4 is 39.2 Å². The largest absolute Gasteiger partial charge is 0.451 e. The van der Waals surface area contributed by atoms with Crippen molar-refractivity contribution in [3.8, 4) is 0 Å². The van der Waals surface area contributed by atoms with Crippen molar-refractivity contribution < 1.29 is 18.0 Å². The Kier molecular flexibility index (Phi) is 6.75. The summed E-state index contributed by atoms with van der Waals surface area (Å²) in [5.74, 6) is 0.789. The standard InChI is InChI=1S/C23H29F3N8OS/c1-3-5-15-13-16-19(33-11-12-34-17(14-33)29-30-21(34)23(24,25)26)27-22(28-20(16)36-15)32-9-7-31(8-10-32)18(35)6-4-2/h13H,3-12,14H2,1-2H3. The second-order valence-electron chi connectivity index (χ2n) is 9.16. The minimum atomic E-state index is -4.54. The van der Waals surface area contributed by atoms with E-state index in [0.717, 1.165) is 34.0 Å². The van der Waals surface area contributed by atoms with Crippen molar-refractivity contribution in [1.82, 2.24) is 29.6 Å². The maximum atomic E-state index is 13.3. The fourth-order valence-corrected chi connectivity index (χ4v) is 5.89. The van der Waals surface area contributed by atoms with Crippen molar-refractivity contribution in [2.75, 3.05) is 42.5 Å². The number of amides is 1. The number of anilines is 2. The monoisotopic (exact) mass is 522 g/mol. The number of rotatable bonds is 6. The Morgan fingerprint density at radius 2 is 1.75 bits per heavy atom. The van der Waals surface area contributed by atoms with Crippen LogP contribution in [0, 0.1) is 0 Å². The summed E-state index contributed by atoms with van der Waals surface area (Å²) < 4.78 is 41.1. The Morgan fingerprint density at radius 1 is 1.00 bits per heavy atom. The van der Waals surface area contributed by atoms with Crippen molar-refractivity contribution in [2.45, 2.75) is 58.8 Å². The number of carbonyl (C=O) groups excluding carboxylic acids is 1. The van der Waals surface area contributed by atoms with Gasteiger partial charge in [-0.1, -0.05) is 20.3 Å². The van der Waals surface area contributed by atoms with Gasteiger partial charge in [0, 0.05) is 50.6 Å². The van der Waals surface area contributed by atoms with Crippen LogP contribution in [0.15, 0.2) is 6.07 Å². The number of aromatic nitrogens is 5. The van der Waals surface area contributed by atoms with Gasteiger partial charge in [-0.3, -0.25) is 4.79 Å². The number of fused-ring (bicyclic) bond motifs is 2. The summed E-state index contributed by atoms with van der Waals surface area (Å²) >= 11 is 1.63. The fourth-order valence-electron chi connectivity index (χ4n) is 4.77. The lowest BCUT2D eigenvalue weighted by Gasteiger charge is -2.35. The van der Waals surface area contributed by atoms with Gasteiger partial charge in [-0.2, -0.15) is 18.2 Å². The number of nitrogens with zero attached hydrogens (tertiary/aromatic N) is 8. The number of thiophene rings is 1. The van der Waals surface area contributed by atoms with E-state index in [2.05, 4.69) is 28.1 Å². The van der Waals surface area contributed by atoms with E-state index in [0.29, 0.717) is 50.9 Å². The van der Waals surface area contributed by atoms with Gasteiger partial charge in [-0.15, -0.1) is 21.5 Å². The first-order chi connectivity index (χ1) is 17.3. The van der Waals surface area contributed by atoms with Gasteiger partial charge < -0.3 is 19.3 Å². The van der Waals surface area contributed by atoms with E-state index in [-0.39, 0.29) is 24.8 Å². The molecule has 1 amide bonds. The molecule has 0 saturated carbocycles. The molecule has 3 aromatic heterocycles. The van der Waals surface area contributed by atoms with E-state index in [1.54, 1.807) is 11.3 Å². The maximum Gasteiger partial charge on any atom is 0.451 e.